The van der Waals surface area contributed by atoms with Crippen LogP contribution in [0.1, 0.15) is 33.4 Å². The van der Waals surface area contributed by atoms with Crippen LogP contribution in [0.4, 0.5) is 0 Å². The van der Waals surface area contributed by atoms with Crippen LogP contribution in [0.2, 0.25) is 0 Å². The second-order valence-electron chi connectivity index (χ2n) is 5.69. The Morgan fingerprint density at radius 3 is 2.42 bits per heavy atom. The summed E-state index contributed by atoms with van der Waals surface area (Å²) in [4.78, 5) is 14.4. The predicted octanol–water partition coefficient (Wildman–Crippen LogP) is 1.80. The summed E-state index contributed by atoms with van der Waals surface area (Å²) in [6.45, 7) is 4.19. The van der Waals surface area contributed by atoms with Gasteiger partial charge in [-0.15, -0.1) is 0 Å². The van der Waals surface area contributed by atoms with Crippen molar-refractivity contribution in [3.05, 3.63) is 65.2 Å². The second kappa shape index (κ2) is 6.66. The van der Waals surface area contributed by atoms with Crippen molar-refractivity contribution in [2.75, 3.05) is 0 Å². The molecule has 0 saturated carbocycles. The fourth-order valence-corrected chi connectivity index (χ4v) is 2.75. The monoisotopic (exact) mass is 324 g/mol. The molecule has 1 amide bonds. The fraction of sp³-hybridized carbons (Fsp3) is 0.294. The van der Waals surface area contributed by atoms with Crippen LogP contribution in [-0.2, 0) is 13.6 Å². The summed E-state index contributed by atoms with van der Waals surface area (Å²) in [6, 6.07) is 9.58. The number of rotatable bonds is 5. The van der Waals surface area contributed by atoms with E-state index in [1.54, 1.807) is 21.9 Å². The molecule has 7 nitrogen and oxygen atoms in total. The standard InChI is InChI=1S/C17H20N6O/c1-12-16(13(2)22(3)21-12)17(24)20-15(11-23-18-9-10-19-23)14-7-5-4-6-8-14/h4-10,15H,11H2,1-3H3,(H,20,24)/t15-/m0/s1. The van der Waals surface area contributed by atoms with Crippen molar-refractivity contribution in [1.82, 2.24) is 30.1 Å². The summed E-state index contributed by atoms with van der Waals surface area (Å²) in [6.07, 6.45) is 3.25. The summed E-state index contributed by atoms with van der Waals surface area (Å²) < 4.78 is 1.72. The van der Waals surface area contributed by atoms with Gasteiger partial charge in [-0.25, -0.2) is 0 Å². The van der Waals surface area contributed by atoms with Crippen molar-refractivity contribution in [2.45, 2.75) is 26.4 Å². The lowest BCUT2D eigenvalue weighted by Crippen LogP contribution is -2.32. The molecule has 1 N–H and O–H groups in total. The maximum Gasteiger partial charge on any atom is 0.255 e. The molecule has 3 rings (SSSR count). The van der Waals surface area contributed by atoms with Gasteiger partial charge >= 0.3 is 0 Å². The molecular formula is C17H20N6O. The van der Waals surface area contributed by atoms with E-state index < -0.39 is 0 Å². The maximum atomic E-state index is 12.8. The van der Waals surface area contributed by atoms with Crippen molar-refractivity contribution < 1.29 is 4.79 Å². The SMILES string of the molecule is Cc1nn(C)c(C)c1C(=O)N[C@@H](Cn1nccn1)c1ccccc1. The highest BCUT2D eigenvalue weighted by Crippen LogP contribution is 2.18. The van der Waals surface area contributed by atoms with Gasteiger partial charge in [-0.05, 0) is 19.4 Å². The van der Waals surface area contributed by atoms with Crippen LogP contribution >= 0.6 is 0 Å². The van der Waals surface area contributed by atoms with E-state index in [1.807, 2.05) is 51.2 Å². The number of nitrogens with one attached hydrogen (secondary N) is 1. The Labute approximate surface area is 140 Å². The molecule has 0 spiro atoms. The first-order valence-electron chi connectivity index (χ1n) is 7.76. The summed E-state index contributed by atoms with van der Waals surface area (Å²) in [5.41, 5.74) is 3.18. The van der Waals surface area contributed by atoms with Gasteiger partial charge in [0.2, 0.25) is 0 Å². The van der Waals surface area contributed by atoms with Crippen molar-refractivity contribution in [3.8, 4) is 0 Å². The molecule has 2 heterocycles. The number of hydrogen-bond acceptors (Lipinski definition) is 4. The maximum absolute atomic E-state index is 12.8. The highest BCUT2D eigenvalue weighted by molar-refractivity contribution is 5.96. The van der Waals surface area contributed by atoms with Gasteiger partial charge in [0.15, 0.2) is 0 Å². The zero-order chi connectivity index (χ0) is 17.1. The van der Waals surface area contributed by atoms with E-state index in [0.29, 0.717) is 12.1 Å². The molecule has 124 valence electrons. The smallest absolute Gasteiger partial charge is 0.255 e. The lowest BCUT2D eigenvalue weighted by molar-refractivity contribution is 0.0929. The molecular weight excluding hydrogens is 304 g/mol. The molecule has 24 heavy (non-hydrogen) atoms. The van der Waals surface area contributed by atoms with Gasteiger partial charge in [0.25, 0.3) is 5.91 Å². The minimum Gasteiger partial charge on any atom is -0.343 e. The molecule has 3 aromatic rings. The highest BCUT2D eigenvalue weighted by atomic mass is 16.1. The number of carbonyl (C=O) groups excluding carboxylic acids is 1. The lowest BCUT2D eigenvalue weighted by atomic mass is 10.1. The van der Waals surface area contributed by atoms with Crippen molar-refractivity contribution in [2.24, 2.45) is 7.05 Å². The first-order valence-corrected chi connectivity index (χ1v) is 7.76. The quantitative estimate of drug-likeness (QED) is 0.776. The van der Waals surface area contributed by atoms with E-state index >= 15 is 0 Å². The third-order valence-corrected chi connectivity index (χ3v) is 4.06. The third kappa shape index (κ3) is 3.19. The van der Waals surface area contributed by atoms with Crippen LogP contribution in [0.3, 0.4) is 0 Å². The Balaban J connectivity index is 1.87. The molecule has 0 unspecified atom stereocenters. The van der Waals surface area contributed by atoms with Gasteiger partial charge in [-0.1, -0.05) is 30.3 Å². The number of nitrogens with zero attached hydrogens (tertiary/aromatic N) is 5. The molecule has 2 aromatic heterocycles. The summed E-state index contributed by atoms with van der Waals surface area (Å²) in [7, 11) is 1.83. The molecule has 0 saturated heterocycles. The number of amides is 1. The Hall–Kier alpha value is -2.96. The first kappa shape index (κ1) is 15.9. The van der Waals surface area contributed by atoms with Crippen LogP contribution in [-0.4, -0.2) is 30.7 Å². The van der Waals surface area contributed by atoms with Gasteiger partial charge < -0.3 is 5.32 Å². The van der Waals surface area contributed by atoms with E-state index in [1.165, 1.54) is 0 Å². The molecule has 1 aromatic carbocycles. The number of hydrogen-bond donors (Lipinski definition) is 1. The number of benzene rings is 1. The highest BCUT2D eigenvalue weighted by Gasteiger charge is 2.22. The number of aryl methyl sites for hydroxylation is 2. The largest absolute Gasteiger partial charge is 0.343 e. The number of aromatic nitrogens is 5. The average molecular weight is 324 g/mol. The molecule has 0 aliphatic heterocycles. The van der Waals surface area contributed by atoms with Crippen molar-refractivity contribution in [3.63, 3.8) is 0 Å². The minimum atomic E-state index is -0.231. The zero-order valence-electron chi connectivity index (χ0n) is 14.0. The zero-order valence-corrected chi connectivity index (χ0v) is 14.0. The average Bonchev–Trinajstić information content (AvgIpc) is 3.16. The van der Waals surface area contributed by atoms with Crippen LogP contribution < -0.4 is 5.32 Å². The van der Waals surface area contributed by atoms with E-state index in [-0.39, 0.29) is 11.9 Å². The molecule has 0 aliphatic carbocycles. The minimum absolute atomic E-state index is 0.140. The normalized spacial score (nSPS) is 12.1. The summed E-state index contributed by atoms with van der Waals surface area (Å²) in [5.74, 6) is -0.140. The Kier molecular flexibility index (Phi) is 4.41. The number of carbonyl (C=O) groups is 1. The second-order valence-corrected chi connectivity index (χ2v) is 5.69. The first-order chi connectivity index (χ1) is 11.6. The molecule has 1 atom stereocenters. The summed E-state index contributed by atoms with van der Waals surface area (Å²) >= 11 is 0. The van der Waals surface area contributed by atoms with E-state index in [9.17, 15) is 4.79 Å². The third-order valence-electron chi connectivity index (χ3n) is 4.06. The van der Waals surface area contributed by atoms with Gasteiger partial charge in [-0.2, -0.15) is 20.1 Å². The Bertz CT molecular complexity index is 822. The van der Waals surface area contributed by atoms with Gasteiger partial charge in [0.1, 0.15) is 0 Å². The molecule has 0 aliphatic rings. The summed E-state index contributed by atoms with van der Waals surface area (Å²) in [5, 5.41) is 15.7. The van der Waals surface area contributed by atoms with Gasteiger partial charge in [-0.3, -0.25) is 9.48 Å². The van der Waals surface area contributed by atoms with E-state index in [0.717, 1.165) is 17.0 Å². The van der Waals surface area contributed by atoms with E-state index in [2.05, 4.69) is 20.6 Å². The fourth-order valence-electron chi connectivity index (χ4n) is 2.75. The van der Waals surface area contributed by atoms with Crippen LogP contribution in [0, 0.1) is 13.8 Å². The van der Waals surface area contributed by atoms with Gasteiger partial charge in [0, 0.05) is 12.7 Å². The molecule has 0 bridgehead atoms. The molecule has 0 fully saturated rings. The van der Waals surface area contributed by atoms with Crippen molar-refractivity contribution in [1.29, 1.82) is 0 Å². The van der Waals surface area contributed by atoms with Crippen molar-refractivity contribution >= 4 is 5.91 Å². The molecule has 7 heteroatoms. The van der Waals surface area contributed by atoms with Crippen LogP contribution in [0.15, 0.2) is 42.7 Å². The predicted molar refractivity (Wildman–Crippen MR) is 89.4 cm³/mol. The molecule has 0 radical (unpaired) electrons. The van der Waals surface area contributed by atoms with Crippen LogP contribution in [0.5, 0.6) is 0 Å². The van der Waals surface area contributed by atoms with E-state index in [4.69, 9.17) is 0 Å². The lowest BCUT2D eigenvalue weighted by Gasteiger charge is -2.19. The Morgan fingerprint density at radius 2 is 1.83 bits per heavy atom. The topological polar surface area (TPSA) is 77.6 Å². The van der Waals surface area contributed by atoms with Crippen LogP contribution in [0.25, 0.3) is 0 Å². The van der Waals surface area contributed by atoms with Gasteiger partial charge in [0.05, 0.1) is 36.2 Å². The Morgan fingerprint density at radius 1 is 1.17 bits per heavy atom.